The molecule has 3 aromatic rings. The summed E-state index contributed by atoms with van der Waals surface area (Å²) in [5.41, 5.74) is 3.10. The van der Waals surface area contributed by atoms with Gasteiger partial charge in [-0.3, -0.25) is 0 Å². The second kappa shape index (κ2) is 8.86. The lowest BCUT2D eigenvalue weighted by Crippen LogP contribution is -2.32. The standard InChI is InChI=1S/C26H25F2N3O2/c27-25(28)33-23-11-10-19(14-24(23)32-21-8-4-5-9-21)26(17-29)13-12-22-18(15-26)16-30-31(22)20-6-2-1-3-7-20/h1-3,6-7,10-11,14,16,21,25H,4-5,8-9,12-13,15H2. The highest BCUT2D eigenvalue weighted by Gasteiger charge is 2.39. The molecule has 170 valence electrons. The zero-order valence-electron chi connectivity index (χ0n) is 18.2. The fourth-order valence-corrected chi connectivity index (χ4v) is 5.04. The van der Waals surface area contributed by atoms with Gasteiger partial charge in [0.1, 0.15) is 0 Å². The van der Waals surface area contributed by atoms with Crippen molar-refractivity contribution in [2.75, 3.05) is 0 Å². The van der Waals surface area contributed by atoms with E-state index in [1.807, 2.05) is 41.2 Å². The maximum atomic E-state index is 13.0. The predicted octanol–water partition coefficient (Wildman–Crippen LogP) is 5.75. The van der Waals surface area contributed by atoms with Crippen molar-refractivity contribution in [1.29, 1.82) is 5.26 Å². The van der Waals surface area contributed by atoms with Crippen LogP contribution in [0.5, 0.6) is 11.5 Å². The smallest absolute Gasteiger partial charge is 0.387 e. The molecule has 2 aliphatic rings. The van der Waals surface area contributed by atoms with Gasteiger partial charge in [0.25, 0.3) is 0 Å². The summed E-state index contributed by atoms with van der Waals surface area (Å²) in [5, 5.41) is 14.8. The number of nitriles is 1. The molecule has 0 saturated heterocycles. The largest absolute Gasteiger partial charge is 0.487 e. The van der Waals surface area contributed by atoms with Gasteiger partial charge in [0.15, 0.2) is 11.5 Å². The van der Waals surface area contributed by atoms with E-state index in [0.29, 0.717) is 25.0 Å². The van der Waals surface area contributed by atoms with Gasteiger partial charge < -0.3 is 9.47 Å². The molecule has 1 aromatic heterocycles. The minimum absolute atomic E-state index is 0.0135. The molecule has 0 spiro atoms. The van der Waals surface area contributed by atoms with Gasteiger partial charge in [-0.25, -0.2) is 4.68 Å². The molecule has 0 aliphatic heterocycles. The molecule has 1 atom stereocenters. The number of rotatable bonds is 6. The first-order valence-electron chi connectivity index (χ1n) is 11.4. The van der Waals surface area contributed by atoms with Crippen LogP contribution in [-0.4, -0.2) is 22.5 Å². The summed E-state index contributed by atoms with van der Waals surface area (Å²) in [6.07, 6.45) is 7.52. The number of ether oxygens (including phenoxy) is 2. The van der Waals surface area contributed by atoms with Crippen LogP contribution in [0.2, 0.25) is 0 Å². The number of para-hydroxylation sites is 1. The Labute approximate surface area is 191 Å². The van der Waals surface area contributed by atoms with Gasteiger partial charge in [-0.05, 0) is 80.3 Å². The molecule has 0 bridgehead atoms. The number of aromatic nitrogens is 2. The second-order valence-corrected chi connectivity index (χ2v) is 8.80. The molecular weight excluding hydrogens is 424 g/mol. The highest BCUT2D eigenvalue weighted by Crippen LogP contribution is 2.42. The van der Waals surface area contributed by atoms with Crippen molar-refractivity contribution in [1.82, 2.24) is 9.78 Å². The van der Waals surface area contributed by atoms with E-state index in [-0.39, 0.29) is 11.9 Å². The first kappa shape index (κ1) is 21.4. The molecular formula is C26H25F2N3O2. The monoisotopic (exact) mass is 449 g/mol. The van der Waals surface area contributed by atoms with E-state index in [4.69, 9.17) is 9.47 Å². The fourth-order valence-electron chi connectivity index (χ4n) is 5.04. The molecule has 1 fully saturated rings. The summed E-state index contributed by atoms with van der Waals surface area (Å²) in [4.78, 5) is 0. The van der Waals surface area contributed by atoms with E-state index in [1.54, 1.807) is 12.1 Å². The predicted molar refractivity (Wildman–Crippen MR) is 119 cm³/mol. The first-order valence-corrected chi connectivity index (χ1v) is 11.4. The highest BCUT2D eigenvalue weighted by molar-refractivity contribution is 5.50. The van der Waals surface area contributed by atoms with Gasteiger partial charge in [0.2, 0.25) is 0 Å². The Morgan fingerprint density at radius 1 is 1.09 bits per heavy atom. The van der Waals surface area contributed by atoms with Gasteiger partial charge >= 0.3 is 6.61 Å². The molecule has 0 radical (unpaired) electrons. The minimum atomic E-state index is -2.94. The molecule has 7 heteroatoms. The lowest BCUT2D eigenvalue weighted by molar-refractivity contribution is -0.0520. The van der Waals surface area contributed by atoms with E-state index in [1.165, 1.54) is 6.07 Å². The lowest BCUT2D eigenvalue weighted by Gasteiger charge is -2.32. The van der Waals surface area contributed by atoms with Crippen LogP contribution in [0.4, 0.5) is 8.78 Å². The van der Waals surface area contributed by atoms with E-state index in [2.05, 4.69) is 11.2 Å². The van der Waals surface area contributed by atoms with Crippen molar-refractivity contribution in [3.8, 4) is 23.3 Å². The maximum absolute atomic E-state index is 13.0. The quantitative estimate of drug-likeness (QED) is 0.481. The lowest BCUT2D eigenvalue weighted by atomic mass is 9.70. The van der Waals surface area contributed by atoms with Gasteiger partial charge in [-0.1, -0.05) is 24.3 Å². The van der Waals surface area contributed by atoms with Gasteiger partial charge in [-0.15, -0.1) is 0 Å². The number of hydrogen-bond acceptors (Lipinski definition) is 4. The van der Waals surface area contributed by atoms with Crippen LogP contribution in [-0.2, 0) is 18.3 Å². The molecule has 0 amide bonds. The van der Waals surface area contributed by atoms with Crippen LogP contribution in [0.25, 0.3) is 5.69 Å². The molecule has 5 rings (SSSR count). The normalized spacial score (nSPS) is 20.4. The molecule has 1 unspecified atom stereocenters. The summed E-state index contributed by atoms with van der Waals surface area (Å²) in [6.45, 7) is -2.94. The Morgan fingerprint density at radius 2 is 1.88 bits per heavy atom. The number of nitrogens with zero attached hydrogens (tertiary/aromatic N) is 3. The minimum Gasteiger partial charge on any atom is -0.487 e. The molecule has 2 aromatic carbocycles. The van der Waals surface area contributed by atoms with E-state index >= 15 is 0 Å². The Bertz CT molecular complexity index is 1170. The Balaban J connectivity index is 1.48. The second-order valence-electron chi connectivity index (χ2n) is 8.80. The highest BCUT2D eigenvalue weighted by atomic mass is 19.3. The van der Waals surface area contributed by atoms with Crippen LogP contribution < -0.4 is 9.47 Å². The van der Waals surface area contributed by atoms with Crippen molar-refractivity contribution < 1.29 is 18.3 Å². The molecule has 5 nitrogen and oxygen atoms in total. The van der Waals surface area contributed by atoms with Crippen molar-refractivity contribution in [3.63, 3.8) is 0 Å². The number of benzene rings is 2. The van der Waals surface area contributed by atoms with Gasteiger partial charge in [0, 0.05) is 5.69 Å². The number of halogens is 2. The number of alkyl halides is 2. The summed E-state index contributed by atoms with van der Waals surface area (Å²) in [7, 11) is 0. The average Bonchev–Trinajstić information content (AvgIpc) is 3.49. The first-order chi connectivity index (χ1) is 16.1. The topological polar surface area (TPSA) is 60.1 Å². The van der Waals surface area contributed by atoms with E-state index in [0.717, 1.165) is 48.2 Å². The van der Waals surface area contributed by atoms with Crippen LogP contribution in [0.1, 0.15) is 48.9 Å². The Kier molecular flexibility index (Phi) is 5.76. The van der Waals surface area contributed by atoms with Crippen LogP contribution >= 0.6 is 0 Å². The summed E-state index contributed by atoms with van der Waals surface area (Å²) < 4.78 is 38.7. The number of fused-ring (bicyclic) bond motifs is 1. The molecule has 1 heterocycles. The number of hydrogen-bond donors (Lipinski definition) is 0. The SMILES string of the molecule is N#CC1(c2ccc(OC(F)F)c(OC3CCCC3)c2)CCc2c(cnn2-c2ccccc2)C1. The molecule has 2 aliphatic carbocycles. The summed E-state index contributed by atoms with van der Waals surface area (Å²) >= 11 is 0. The van der Waals surface area contributed by atoms with Crippen molar-refractivity contribution in [3.05, 3.63) is 71.5 Å². The maximum Gasteiger partial charge on any atom is 0.387 e. The van der Waals surface area contributed by atoms with Crippen LogP contribution in [0, 0.1) is 11.3 Å². The average molecular weight is 450 g/mol. The Morgan fingerprint density at radius 3 is 2.61 bits per heavy atom. The van der Waals surface area contributed by atoms with E-state index in [9.17, 15) is 14.0 Å². The van der Waals surface area contributed by atoms with Crippen LogP contribution in [0.15, 0.2) is 54.7 Å². The van der Waals surface area contributed by atoms with Gasteiger partial charge in [0.05, 0.1) is 29.5 Å². The van der Waals surface area contributed by atoms with E-state index < -0.39 is 12.0 Å². The summed E-state index contributed by atoms with van der Waals surface area (Å²) in [6, 6.07) is 17.4. The third-order valence-electron chi connectivity index (χ3n) is 6.76. The van der Waals surface area contributed by atoms with Gasteiger partial charge in [-0.2, -0.15) is 19.1 Å². The third kappa shape index (κ3) is 4.18. The fraction of sp³-hybridized carbons (Fsp3) is 0.385. The molecule has 33 heavy (non-hydrogen) atoms. The summed E-state index contributed by atoms with van der Waals surface area (Å²) in [5.74, 6) is 0.308. The van der Waals surface area contributed by atoms with Crippen molar-refractivity contribution in [2.24, 2.45) is 0 Å². The van der Waals surface area contributed by atoms with Crippen molar-refractivity contribution in [2.45, 2.75) is 63.1 Å². The Hall–Kier alpha value is -3.40. The zero-order chi connectivity index (χ0) is 22.8. The third-order valence-corrected chi connectivity index (χ3v) is 6.76. The van der Waals surface area contributed by atoms with Crippen LogP contribution in [0.3, 0.4) is 0 Å². The van der Waals surface area contributed by atoms with Crippen molar-refractivity contribution >= 4 is 0 Å². The molecule has 0 N–H and O–H groups in total. The zero-order valence-corrected chi connectivity index (χ0v) is 18.2. The molecule has 1 saturated carbocycles.